The van der Waals surface area contributed by atoms with E-state index in [9.17, 15) is 0 Å². The second kappa shape index (κ2) is 6.86. The van der Waals surface area contributed by atoms with Crippen LogP contribution >= 0.6 is 15.9 Å². The van der Waals surface area contributed by atoms with E-state index in [0.717, 1.165) is 29.6 Å². The molecular formula is C14H26BrN3O. The number of hydrogen-bond donors (Lipinski definition) is 1. The molecule has 2 atom stereocenters. The SMILES string of the molecule is CCNC(Cc1c(Br)c(C)nn1C)C(C)(CC)OC. The molecule has 0 amide bonds. The fraction of sp³-hybridized carbons (Fsp3) is 0.786. The Labute approximate surface area is 125 Å². The van der Waals surface area contributed by atoms with Gasteiger partial charge in [0.05, 0.1) is 21.5 Å². The molecule has 0 aliphatic heterocycles. The van der Waals surface area contributed by atoms with Crippen molar-refractivity contribution in [2.75, 3.05) is 13.7 Å². The summed E-state index contributed by atoms with van der Waals surface area (Å²) in [5.41, 5.74) is 2.07. The zero-order valence-corrected chi connectivity index (χ0v) is 14.5. The minimum absolute atomic E-state index is 0.173. The summed E-state index contributed by atoms with van der Waals surface area (Å²) in [6.07, 6.45) is 1.86. The van der Waals surface area contributed by atoms with E-state index in [1.807, 2.05) is 18.7 Å². The molecule has 19 heavy (non-hydrogen) atoms. The first kappa shape index (κ1) is 16.7. The maximum absolute atomic E-state index is 5.75. The normalized spacial score (nSPS) is 16.4. The zero-order valence-electron chi connectivity index (χ0n) is 12.9. The Morgan fingerprint density at radius 1 is 1.47 bits per heavy atom. The molecule has 1 aromatic heterocycles. The van der Waals surface area contributed by atoms with E-state index in [2.05, 4.69) is 47.1 Å². The van der Waals surface area contributed by atoms with E-state index in [-0.39, 0.29) is 11.6 Å². The van der Waals surface area contributed by atoms with Crippen molar-refractivity contribution in [1.29, 1.82) is 0 Å². The molecule has 0 saturated carbocycles. The van der Waals surface area contributed by atoms with Crippen molar-refractivity contribution in [3.05, 3.63) is 15.9 Å². The van der Waals surface area contributed by atoms with E-state index in [4.69, 9.17) is 4.74 Å². The van der Waals surface area contributed by atoms with Crippen LogP contribution in [0.25, 0.3) is 0 Å². The van der Waals surface area contributed by atoms with Crippen molar-refractivity contribution < 1.29 is 4.74 Å². The average molecular weight is 332 g/mol. The number of nitrogens with one attached hydrogen (secondary N) is 1. The van der Waals surface area contributed by atoms with Crippen LogP contribution in [-0.2, 0) is 18.2 Å². The lowest BCUT2D eigenvalue weighted by Gasteiger charge is -2.36. The summed E-state index contributed by atoms with van der Waals surface area (Å²) in [7, 11) is 3.78. The van der Waals surface area contributed by atoms with E-state index in [1.165, 1.54) is 5.69 Å². The van der Waals surface area contributed by atoms with Gasteiger partial charge in [0.2, 0.25) is 0 Å². The molecule has 0 saturated heterocycles. The van der Waals surface area contributed by atoms with Gasteiger partial charge in [-0.1, -0.05) is 13.8 Å². The van der Waals surface area contributed by atoms with Crippen LogP contribution in [0.3, 0.4) is 0 Å². The summed E-state index contributed by atoms with van der Waals surface area (Å²) in [6.45, 7) is 9.40. The minimum Gasteiger partial charge on any atom is -0.377 e. The third-order valence-electron chi connectivity index (χ3n) is 4.02. The highest BCUT2D eigenvalue weighted by molar-refractivity contribution is 9.10. The van der Waals surface area contributed by atoms with Gasteiger partial charge < -0.3 is 10.1 Å². The largest absolute Gasteiger partial charge is 0.377 e. The van der Waals surface area contributed by atoms with E-state index < -0.39 is 0 Å². The molecule has 1 aromatic rings. The van der Waals surface area contributed by atoms with Crippen LogP contribution in [0, 0.1) is 6.92 Å². The van der Waals surface area contributed by atoms with Crippen LogP contribution < -0.4 is 5.32 Å². The summed E-state index contributed by atoms with van der Waals surface area (Å²) in [5.74, 6) is 0. The second-order valence-corrected chi connectivity index (χ2v) is 5.95. The second-order valence-electron chi connectivity index (χ2n) is 5.15. The molecule has 0 aromatic carbocycles. The number of methoxy groups -OCH3 is 1. The molecule has 0 aliphatic rings. The maximum Gasteiger partial charge on any atom is 0.0804 e. The Bertz CT molecular complexity index is 413. The topological polar surface area (TPSA) is 39.1 Å². The van der Waals surface area contributed by atoms with Gasteiger partial charge >= 0.3 is 0 Å². The van der Waals surface area contributed by atoms with Crippen molar-refractivity contribution >= 4 is 15.9 Å². The van der Waals surface area contributed by atoms with Crippen LogP contribution in [0.4, 0.5) is 0 Å². The van der Waals surface area contributed by atoms with Crippen LogP contribution in [0.15, 0.2) is 4.47 Å². The van der Waals surface area contributed by atoms with Crippen molar-refractivity contribution in [2.24, 2.45) is 7.05 Å². The lowest BCUT2D eigenvalue weighted by atomic mass is 9.89. The quantitative estimate of drug-likeness (QED) is 0.835. The average Bonchev–Trinajstić information content (AvgIpc) is 2.63. The highest BCUT2D eigenvalue weighted by Gasteiger charge is 2.33. The van der Waals surface area contributed by atoms with Gasteiger partial charge in [-0.2, -0.15) is 5.10 Å². The van der Waals surface area contributed by atoms with Gasteiger partial charge in [0.15, 0.2) is 0 Å². The molecule has 2 unspecified atom stereocenters. The summed E-state index contributed by atoms with van der Waals surface area (Å²) in [5, 5.41) is 8.01. The van der Waals surface area contributed by atoms with Gasteiger partial charge in [0.25, 0.3) is 0 Å². The molecule has 110 valence electrons. The number of aryl methyl sites for hydroxylation is 2. The predicted molar refractivity (Wildman–Crippen MR) is 82.5 cm³/mol. The van der Waals surface area contributed by atoms with Gasteiger partial charge in [0, 0.05) is 26.6 Å². The zero-order chi connectivity index (χ0) is 14.6. The predicted octanol–water partition coefficient (Wildman–Crippen LogP) is 2.83. The van der Waals surface area contributed by atoms with Crippen LogP contribution in [-0.4, -0.2) is 35.1 Å². The maximum atomic E-state index is 5.75. The molecule has 5 heteroatoms. The molecule has 1 rings (SSSR count). The lowest BCUT2D eigenvalue weighted by molar-refractivity contribution is -0.0288. The summed E-state index contributed by atoms with van der Waals surface area (Å²) >= 11 is 3.64. The first-order valence-corrected chi connectivity index (χ1v) is 7.65. The molecule has 1 heterocycles. The Hall–Kier alpha value is -0.390. The molecule has 0 radical (unpaired) electrons. The number of hydrogen-bond acceptors (Lipinski definition) is 3. The van der Waals surface area contributed by atoms with Crippen molar-refractivity contribution in [3.8, 4) is 0 Å². The number of likely N-dealkylation sites (N-methyl/N-ethyl adjacent to an activating group) is 1. The van der Waals surface area contributed by atoms with E-state index in [0.29, 0.717) is 0 Å². The monoisotopic (exact) mass is 331 g/mol. The minimum atomic E-state index is -0.173. The Balaban J connectivity index is 3.02. The fourth-order valence-corrected chi connectivity index (χ4v) is 2.88. The van der Waals surface area contributed by atoms with Crippen LogP contribution in [0.2, 0.25) is 0 Å². The van der Waals surface area contributed by atoms with Gasteiger partial charge in [-0.3, -0.25) is 4.68 Å². The van der Waals surface area contributed by atoms with Crippen molar-refractivity contribution in [2.45, 2.75) is 52.2 Å². The molecule has 0 fully saturated rings. The number of rotatable bonds is 7. The van der Waals surface area contributed by atoms with Gasteiger partial charge in [0.1, 0.15) is 0 Å². The van der Waals surface area contributed by atoms with E-state index in [1.54, 1.807) is 7.11 Å². The third kappa shape index (κ3) is 3.58. The molecule has 0 bridgehead atoms. The molecule has 4 nitrogen and oxygen atoms in total. The van der Waals surface area contributed by atoms with Crippen LogP contribution in [0.5, 0.6) is 0 Å². The Morgan fingerprint density at radius 2 is 2.11 bits per heavy atom. The first-order valence-electron chi connectivity index (χ1n) is 6.86. The number of aromatic nitrogens is 2. The first-order chi connectivity index (χ1) is 8.89. The molecule has 0 aliphatic carbocycles. The highest BCUT2D eigenvalue weighted by Crippen LogP contribution is 2.27. The summed E-state index contributed by atoms with van der Waals surface area (Å²) in [4.78, 5) is 0. The molecule has 1 N–H and O–H groups in total. The number of ether oxygens (including phenoxy) is 1. The molecular weight excluding hydrogens is 306 g/mol. The van der Waals surface area contributed by atoms with Gasteiger partial charge in [-0.05, 0) is 42.7 Å². The summed E-state index contributed by atoms with van der Waals surface area (Å²) < 4.78 is 8.81. The smallest absolute Gasteiger partial charge is 0.0804 e. The third-order valence-corrected chi connectivity index (χ3v) is 5.05. The fourth-order valence-electron chi connectivity index (χ4n) is 2.38. The standard InChI is InChI=1S/C14H26BrN3O/c1-7-14(4,19-6)12(16-8-2)9-11-13(15)10(3)17-18(11)5/h12,16H,7-9H2,1-6H3. The van der Waals surface area contributed by atoms with Crippen LogP contribution in [0.1, 0.15) is 38.6 Å². The van der Waals surface area contributed by atoms with Gasteiger partial charge in [-0.15, -0.1) is 0 Å². The van der Waals surface area contributed by atoms with Crippen molar-refractivity contribution in [1.82, 2.24) is 15.1 Å². The number of halogens is 1. The lowest BCUT2D eigenvalue weighted by Crippen LogP contribution is -2.51. The Morgan fingerprint density at radius 3 is 2.47 bits per heavy atom. The number of nitrogens with zero attached hydrogens (tertiary/aromatic N) is 2. The molecule has 0 spiro atoms. The Kier molecular flexibility index (Phi) is 6.02. The summed E-state index contributed by atoms with van der Waals surface area (Å²) in [6, 6.07) is 0.263. The van der Waals surface area contributed by atoms with Gasteiger partial charge in [-0.25, -0.2) is 0 Å². The van der Waals surface area contributed by atoms with Crippen molar-refractivity contribution in [3.63, 3.8) is 0 Å². The van der Waals surface area contributed by atoms with E-state index >= 15 is 0 Å². The highest BCUT2D eigenvalue weighted by atomic mass is 79.9.